The van der Waals surface area contributed by atoms with Crippen molar-refractivity contribution < 1.29 is 28.6 Å². The summed E-state index contributed by atoms with van der Waals surface area (Å²) in [7, 11) is 0. The number of allylic oxidation sites excluding steroid dienone is 24. The molecule has 0 bridgehead atoms. The molecule has 0 aromatic rings. The fourth-order valence-electron chi connectivity index (χ4n) is 8.54. The molecular formula is C73H118O6. The van der Waals surface area contributed by atoms with E-state index in [1.807, 2.05) is 0 Å². The predicted molar refractivity (Wildman–Crippen MR) is 343 cm³/mol. The Labute approximate surface area is 487 Å². The highest BCUT2D eigenvalue weighted by Crippen LogP contribution is 2.15. The Bertz CT molecular complexity index is 1730. The molecule has 6 heteroatoms. The molecule has 1 atom stereocenters. The van der Waals surface area contributed by atoms with Crippen LogP contribution in [0.25, 0.3) is 0 Å². The van der Waals surface area contributed by atoms with Crippen molar-refractivity contribution >= 4 is 17.9 Å². The van der Waals surface area contributed by atoms with E-state index < -0.39 is 6.10 Å². The lowest BCUT2D eigenvalue weighted by atomic mass is 10.1. The van der Waals surface area contributed by atoms with E-state index in [-0.39, 0.29) is 37.5 Å². The summed E-state index contributed by atoms with van der Waals surface area (Å²) in [6.45, 7) is 6.35. The number of carbonyl (C=O) groups is 3. The molecule has 0 aromatic carbocycles. The van der Waals surface area contributed by atoms with Crippen LogP contribution in [-0.4, -0.2) is 37.2 Å². The number of esters is 3. The van der Waals surface area contributed by atoms with Crippen molar-refractivity contribution in [1.29, 1.82) is 0 Å². The van der Waals surface area contributed by atoms with Crippen LogP contribution in [0.1, 0.15) is 278 Å². The third kappa shape index (κ3) is 64.0. The van der Waals surface area contributed by atoms with Gasteiger partial charge in [0.15, 0.2) is 6.10 Å². The van der Waals surface area contributed by atoms with Crippen molar-refractivity contribution in [3.63, 3.8) is 0 Å². The Balaban J connectivity index is 4.49. The lowest BCUT2D eigenvalue weighted by Gasteiger charge is -2.18. The van der Waals surface area contributed by atoms with Crippen molar-refractivity contribution in [3.05, 3.63) is 146 Å². The quantitative estimate of drug-likeness (QED) is 0.0261. The van der Waals surface area contributed by atoms with Gasteiger partial charge in [0, 0.05) is 19.3 Å². The summed E-state index contributed by atoms with van der Waals surface area (Å²) >= 11 is 0. The Morgan fingerprint density at radius 2 is 0.506 bits per heavy atom. The summed E-state index contributed by atoms with van der Waals surface area (Å²) in [5.41, 5.74) is 0. The fourth-order valence-corrected chi connectivity index (χ4v) is 8.54. The maximum atomic E-state index is 12.9. The van der Waals surface area contributed by atoms with Crippen LogP contribution in [0.3, 0.4) is 0 Å². The zero-order valence-corrected chi connectivity index (χ0v) is 51.1. The molecule has 0 amide bonds. The van der Waals surface area contributed by atoms with Crippen molar-refractivity contribution in [3.8, 4) is 0 Å². The zero-order valence-electron chi connectivity index (χ0n) is 51.1. The minimum atomic E-state index is -0.817. The first-order chi connectivity index (χ1) is 39.0. The third-order valence-electron chi connectivity index (χ3n) is 13.3. The number of hydrogen-bond acceptors (Lipinski definition) is 6. The first-order valence-corrected chi connectivity index (χ1v) is 32.3. The largest absolute Gasteiger partial charge is 0.462 e. The number of ether oxygens (including phenoxy) is 3. The van der Waals surface area contributed by atoms with Gasteiger partial charge >= 0.3 is 17.9 Å². The molecule has 79 heavy (non-hydrogen) atoms. The van der Waals surface area contributed by atoms with Gasteiger partial charge in [-0.15, -0.1) is 0 Å². The van der Waals surface area contributed by atoms with Gasteiger partial charge in [0.25, 0.3) is 0 Å². The standard InChI is InChI=1S/C73H118O6/c1-4-7-10-13-16-19-22-25-28-31-33-35-36-38-39-42-45-48-51-54-57-60-63-66-72(75)78-69-70(68-77-71(74)65-62-59-56-53-50-47-44-41-30-27-24-21-18-15-12-9-6-3)79-73(76)67-64-61-58-55-52-49-46-43-40-37-34-32-29-26-23-20-17-14-11-8-5-2/h8-9,11-12,17-18,20-22,25-27,29-31,33-34,36-38,44,47,53,56,70H,4-7,10,13-16,19,23-24,28,32,35,39-43,45-46,48-52,54-55,57-69H2,1-3H3/b11-8-,12-9-,20-17-,21-18-,25-22-,29-26-,30-27-,33-31-,37-34-,38-36-,47-44-,56-53-. The van der Waals surface area contributed by atoms with Gasteiger partial charge in [-0.1, -0.05) is 269 Å². The van der Waals surface area contributed by atoms with Gasteiger partial charge in [-0.3, -0.25) is 14.4 Å². The topological polar surface area (TPSA) is 78.9 Å². The van der Waals surface area contributed by atoms with Crippen LogP contribution in [0.5, 0.6) is 0 Å². The molecule has 1 unspecified atom stereocenters. The van der Waals surface area contributed by atoms with Crippen LogP contribution in [-0.2, 0) is 28.6 Å². The average molecular weight is 1090 g/mol. The van der Waals surface area contributed by atoms with Gasteiger partial charge in [0.2, 0.25) is 0 Å². The monoisotopic (exact) mass is 1090 g/mol. The summed E-state index contributed by atoms with van der Waals surface area (Å²) in [4.78, 5) is 38.4. The molecule has 0 aliphatic rings. The second kappa shape index (κ2) is 65.8. The van der Waals surface area contributed by atoms with Crippen LogP contribution in [0.15, 0.2) is 146 Å². The average Bonchev–Trinajstić information content (AvgIpc) is 3.45. The maximum absolute atomic E-state index is 12.9. The second-order valence-corrected chi connectivity index (χ2v) is 20.9. The minimum absolute atomic E-state index is 0.108. The van der Waals surface area contributed by atoms with Gasteiger partial charge in [-0.05, 0) is 135 Å². The van der Waals surface area contributed by atoms with Crippen molar-refractivity contribution in [1.82, 2.24) is 0 Å². The smallest absolute Gasteiger partial charge is 0.306 e. The highest BCUT2D eigenvalue weighted by molar-refractivity contribution is 5.71. The van der Waals surface area contributed by atoms with E-state index in [9.17, 15) is 14.4 Å². The molecule has 0 rings (SSSR count). The van der Waals surface area contributed by atoms with Gasteiger partial charge in [-0.2, -0.15) is 0 Å². The molecule has 0 N–H and O–H groups in total. The lowest BCUT2D eigenvalue weighted by molar-refractivity contribution is -0.167. The SMILES string of the molecule is CC/C=C\C/C=C\C/C=C\C/C=C\C/C=C\CCCC(=O)OCC(COC(=O)CCCCCCCCCC/C=C\C/C=C\C/C=C\CCCCCCC)OC(=O)CCCCCCCCCC/C=C\C/C=C\C/C=C\C/C=C\CC. The Morgan fingerprint density at radius 3 is 0.823 bits per heavy atom. The van der Waals surface area contributed by atoms with E-state index >= 15 is 0 Å². The van der Waals surface area contributed by atoms with Gasteiger partial charge in [0.1, 0.15) is 13.2 Å². The van der Waals surface area contributed by atoms with Gasteiger partial charge < -0.3 is 14.2 Å². The van der Waals surface area contributed by atoms with E-state index in [0.29, 0.717) is 19.3 Å². The molecular weight excluding hydrogens is 973 g/mol. The van der Waals surface area contributed by atoms with E-state index in [1.165, 1.54) is 103 Å². The molecule has 0 heterocycles. The summed E-state index contributed by atoms with van der Waals surface area (Å²) < 4.78 is 16.9. The van der Waals surface area contributed by atoms with Gasteiger partial charge in [0.05, 0.1) is 0 Å². The molecule has 0 fully saturated rings. The molecule has 0 radical (unpaired) electrons. The molecule has 0 saturated heterocycles. The second-order valence-electron chi connectivity index (χ2n) is 20.9. The summed E-state index contributed by atoms with van der Waals surface area (Å²) in [5.74, 6) is -0.983. The van der Waals surface area contributed by atoms with E-state index in [1.54, 1.807) is 0 Å². The van der Waals surface area contributed by atoms with Crippen LogP contribution in [0, 0.1) is 0 Å². The van der Waals surface area contributed by atoms with Gasteiger partial charge in [-0.25, -0.2) is 0 Å². The molecule has 0 aromatic heterocycles. The van der Waals surface area contributed by atoms with Crippen LogP contribution in [0.2, 0.25) is 0 Å². The molecule has 6 nitrogen and oxygen atoms in total. The number of carbonyl (C=O) groups excluding carboxylic acids is 3. The molecule has 0 saturated carbocycles. The Hall–Kier alpha value is -4.71. The molecule has 0 aliphatic carbocycles. The number of rotatable bonds is 57. The molecule has 0 aliphatic heterocycles. The van der Waals surface area contributed by atoms with Crippen molar-refractivity contribution in [2.75, 3.05) is 13.2 Å². The Kier molecular flexibility index (Phi) is 61.9. The molecule has 0 spiro atoms. The maximum Gasteiger partial charge on any atom is 0.306 e. The first kappa shape index (κ1) is 74.3. The minimum Gasteiger partial charge on any atom is -0.462 e. The number of hydrogen-bond donors (Lipinski definition) is 0. The lowest BCUT2D eigenvalue weighted by Crippen LogP contribution is -2.30. The predicted octanol–water partition coefficient (Wildman–Crippen LogP) is 22.3. The zero-order chi connectivity index (χ0) is 57.1. The summed E-state index contributed by atoms with van der Waals surface area (Å²) in [6.07, 6.45) is 94.2. The van der Waals surface area contributed by atoms with Crippen LogP contribution < -0.4 is 0 Å². The van der Waals surface area contributed by atoms with E-state index in [4.69, 9.17) is 14.2 Å². The first-order valence-electron chi connectivity index (χ1n) is 32.3. The van der Waals surface area contributed by atoms with Crippen molar-refractivity contribution in [2.45, 2.75) is 284 Å². The third-order valence-corrected chi connectivity index (χ3v) is 13.3. The van der Waals surface area contributed by atoms with Crippen LogP contribution in [0.4, 0.5) is 0 Å². The highest BCUT2D eigenvalue weighted by Gasteiger charge is 2.19. The summed E-state index contributed by atoms with van der Waals surface area (Å²) in [5, 5.41) is 0. The summed E-state index contributed by atoms with van der Waals surface area (Å²) in [6, 6.07) is 0. The van der Waals surface area contributed by atoms with Crippen LogP contribution >= 0.6 is 0 Å². The highest BCUT2D eigenvalue weighted by atomic mass is 16.6. The Morgan fingerprint density at radius 1 is 0.266 bits per heavy atom. The molecule has 446 valence electrons. The number of unbranched alkanes of at least 4 members (excludes halogenated alkanes) is 22. The van der Waals surface area contributed by atoms with E-state index in [0.717, 1.165) is 128 Å². The fraction of sp³-hybridized carbons (Fsp3) is 0.630. The normalized spacial score (nSPS) is 13.1. The van der Waals surface area contributed by atoms with E-state index in [2.05, 4.69) is 167 Å². The van der Waals surface area contributed by atoms with Crippen molar-refractivity contribution in [2.24, 2.45) is 0 Å².